The van der Waals surface area contributed by atoms with Crippen LogP contribution in [-0.4, -0.2) is 18.7 Å². The Morgan fingerprint density at radius 2 is 1.96 bits per heavy atom. The molecule has 2 aromatic rings. The number of nitrogens with zero attached hydrogens (tertiary/aromatic N) is 1. The van der Waals surface area contributed by atoms with Gasteiger partial charge in [-0.25, -0.2) is 5.43 Å². The maximum atomic E-state index is 12.0. The van der Waals surface area contributed by atoms with Crippen molar-refractivity contribution in [1.82, 2.24) is 5.43 Å². The zero-order valence-electron chi connectivity index (χ0n) is 12.1. The number of carbonyl (C=O) groups excluding carboxylic acids is 1. The van der Waals surface area contributed by atoms with E-state index in [2.05, 4.69) is 17.1 Å². The minimum Gasteiger partial charge on any atom is -0.490 e. The lowest BCUT2D eigenvalue weighted by molar-refractivity contribution is 0.0955. The van der Waals surface area contributed by atoms with Crippen LogP contribution < -0.4 is 10.2 Å². The molecule has 0 fully saturated rings. The molecule has 0 bridgehead atoms. The van der Waals surface area contributed by atoms with E-state index in [1.165, 1.54) is 12.3 Å². The number of hydrogen-bond acceptors (Lipinski definition) is 3. The number of rotatable bonds is 6. The van der Waals surface area contributed by atoms with Gasteiger partial charge in [0, 0.05) is 5.02 Å². The van der Waals surface area contributed by atoms with E-state index in [0.717, 1.165) is 11.3 Å². The van der Waals surface area contributed by atoms with Gasteiger partial charge in [-0.3, -0.25) is 4.79 Å². The summed E-state index contributed by atoms with van der Waals surface area (Å²) in [5.74, 6) is 0.327. The summed E-state index contributed by atoms with van der Waals surface area (Å²) in [6, 6.07) is 11.9. The lowest BCUT2D eigenvalue weighted by Crippen LogP contribution is -2.18. The van der Waals surface area contributed by atoms with Crippen LogP contribution in [0, 0.1) is 0 Å². The Morgan fingerprint density at radius 3 is 2.61 bits per heavy atom. The van der Waals surface area contributed by atoms with E-state index in [9.17, 15) is 4.79 Å². The highest BCUT2D eigenvalue weighted by molar-refractivity contribution is 6.36. The number of hydrazone groups is 1. The molecular formula is C17H14Cl2N2O2. The van der Waals surface area contributed by atoms with E-state index < -0.39 is 5.91 Å². The average molecular weight is 349 g/mol. The summed E-state index contributed by atoms with van der Waals surface area (Å²) in [5.41, 5.74) is 3.54. The average Bonchev–Trinajstić information content (AvgIpc) is 2.54. The van der Waals surface area contributed by atoms with Crippen LogP contribution in [-0.2, 0) is 0 Å². The highest BCUT2D eigenvalue weighted by Gasteiger charge is 2.09. The second kappa shape index (κ2) is 8.36. The highest BCUT2D eigenvalue weighted by atomic mass is 35.5. The number of hydrogen-bond donors (Lipinski definition) is 1. The van der Waals surface area contributed by atoms with Crippen molar-refractivity contribution in [2.75, 3.05) is 6.61 Å². The maximum Gasteiger partial charge on any atom is 0.272 e. The second-order valence-corrected chi connectivity index (χ2v) is 5.34. The van der Waals surface area contributed by atoms with Gasteiger partial charge in [-0.2, -0.15) is 5.10 Å². The van der Waals surface area contributed by atoms with Crippen LogP contribution in [0.4, 0.5) is 0 Å². The number of carbonyl (C=O) groups is 1. The molecule has 1 amide bonds. The lowest BCUT2D eigenvalue weighted by Gasteiger charge is -2.04. The van der Waals surface area contributed by atoms with Gasteiger partial charge in [-0.05, 0) is 48.0 Å². The van der Waals surface area contributed by atoms with Gasteiger partial charge in [-0.15, -0.1) is 0 Å². The van der Waals surface area contributed by atoms with E-state index in [1.54, 1.807) is 18.2 Å². The van der Waals surface area contributed by atoms with Gasteiger partial charge in [0.1, 0.15) is 12.4 Å². The van der Waals surface area contributed by atoms with Gasteiger partial charge in [-0.1, -0.05) is 35.9 Å². The summed E-state index contributed by atoms with van der Waals surface area (Å²) in [6.45, 7) is 4.03. The van der Waals surface area contributed by atoms with Gasteiger partial charge in [0.05, 0.1) is 16.8 Å². The molecule has 0 saturated heterocycles. The van der Waals surface area contributed by atoms with E-state index in [0.29, 0.717) is 17.2 Å². The molecule has 0 aliphatic carbocycles. The van der Waals surface area contributed by atoms with Crippen molar-refractivity contribution in [3.8, 4) is 5.75 Å². The molecule has 0 aliphatic rings. The first-order chi connectivity index (χ1) is 11.1. The van der Waals surface area contributed by atoms with Gasteiger partial charge in [0.2, 0.25) is 0 Å². The molecule has 0 atom stereocenters. The van der Waals surface area contributed by atoms with Crippen molar-refractivity contribution in [2.24, 2.45) is 5.10 Å². The SMILES string of the molecule is C=CCOc1ccc(/C=N\NC(=O)c2ccc(Cl)cc2Cl)cc1. The molecule has 2 rings (SSSR count). The summed E-state index contributed by atoms with van der Waals surface area (Å²) in [7, 11) is 0. The topological polar surface area (TPSA) is 50.7 Å². The predicted octanol–water partition coefficient (Wildman–Crippen LogP) is 4.32. The third-order valence-electron chi connectivity index (χ3n) is 2.80. The molecule has 118 valence electrons. The molecule has 4 nitrogen and oxygen atoms in total. The Labute approximate surface area is 144 Å². The third-order valence-corrected chi connectivity index (χ3v) is 3.35. The van der Waals surface area contributed by atoms with Crippen LogP contribution in [0.25, 0.3) is 0 Å². The van der Waals surface area contributed by atoms with E-state index in [4.69, 9.17) is 27.9 Å². The molecule has 0 unspecified atom stereocenters. The summed E-state index contributed by atoms with van der Waals surface area (Å²) in [4.78, 5) is 12.0. The fourth-order valence-electron chi connectivity index (χ4n) is 1.70. The van der Waals surface area contributed by atoms with Crippen molar-refractivity contribution in [2.45, 2.75) is 0 Å². The van der Waals surface area contributed by atoms with Crippen molar-refractivity contribution in [3.05, 3.63) is 76.3 Å². The quantitative estimate of drug-likeness (QED) is 0.480. The number of nitrogens with one attached hydrogen (secondary N) is 1. The number of halogens is 2. The Balaban J connectivity index is 1.95. The van der Waals surface area contributed by atoms with Crippen molar-refractivity contribution < 1.29 is 9.53 Å². The summed E-state index contributed by atoms with van der Waals surface area (Å²) in [5, 5.41) is 4.64. The minimum atomic E-state index is -0.408. The fraction of sp³-hybridized carbons (Fsp3) is 0.0588. The molecule has 23 heavy (non-hydrogen) atoms. The minimum absolute atomic E-state index is 0.272. The van der Waals surface area contributed by atoms with Crippen molar-refractivity contribution in [3.63, 3.8) is 0 Å². The molecule has 0 spiro atoms. The molecule has 2 aromatic carbocycles. The second-order valence-electron chi connectivity index (χ2n) is 4.49. The highest BCUT2D eigenvalue weighted by Crippen LogP contribution is 2.20. The molecular weight excluding hydrogens is 335 g/mol. The predicted molar refractivity (Wildman–Crippen MR) is 93.7 cm³/mol. The maximum absolute atomic E-state index is 12.0. The van der Waals surface area contributed by atoms with Gasteiger partial charge >= 0.3 is 0 Å². The van der Waals surface area contributed by atoms with Crippen LogP contribution in [0.15, 0.2) is 60.2 Å². The lowest BCUT2D eigenvalue weighted by atomic mass is 10.2. The van der Waals surface area contributed by atoms with E-state index >= 15 is 0 Å². The Bertz CT molecular complexity index is 728. The molecule has 0 heterocycles. The van der Waals surface area contributed by atoms with Crippen LogP contribution in [0.5, 0.6) is 5.75 Å². The van der Waals surface area contributed by atoms with E-state index in [1.807, 2.05) is 24.3 Å². The first kappa shape index (κ1) is 17.1. The number of ether oxygens (including phenoxy) is 1. The Morgan fingerprint density at radius 1 is 1.22 bits per heavy atom. The van der Waals surface area contributed by atoms with E-state index in [-0.39, 0.29) is 5.02 Å². The standard InChI is InChI=1S/C17H14Cl2N2O2/c1-2-9-23-14-6-3-12(4-7-14)11-20-21-17(22)15-8-5-13(18)10-16(15)19/h2-8,10-11H,1,9H2,(H,21,22)/b20-11-. The van der Waals surface area contributed by atoms with Gasteiger partial charge < -0.3 is 4.74 Å². The molecule has 0 radical (unpaired) electrons. The Kier molecular flexibility index (Phi) is 6.20. The van der Waals surface area contributed by atoms with Crippen molar-refractivity contribution in [1.29, 1.82) is 0 Å². The summed E-state index contributed by atoms with van der Waals surface area (Å²) >= 11 is 11.8. The first-order valence-electron chi connectivity index (χ1n) is 6.72. The summed E-state index contributed by atoms with van der Waals surface area (Å²) < 4.78 is 5.38. The van der Waals surface area contributed by atoms with Crippen LogP contribution >= 0.6 is 23.2 Å². The number of amides is 1. The zero-order chi connectivity index (χ0) is 16.7. The van der Waals surface area contributed by atoms with Crippen LogP contribution in [0.1, 0.15) is 15.9 Å². The molecule has 0 aromatic heterocycles. The molecule has 0 saturated carbocycles. The van der Waals surface area contributed by atoms with Crippen LogP contribution in [0.2, 0.25) is 10.0 Å². The zero-order valence-corrected chi connectivity index (χ0v) is 13.6. The van der Waals surface area contributed by atoms with Crippen LogP contribution in [0.3, 0.4) is 0 Å². The largest absolute Gasteiger partial charge is 0.490 e. The summed E-state index contributed by atoms with van der Waals surface area (Å²) in [6.07, 6.45) is 3.20. The first-order valence-corrected chi connectivity index (χ1v) is 7.48. The Hall–Kier alpha value is -2.30. The van der Waals surface area contributed by atoms with Gasteiger partial charge in [0.25, 0.3) is 5.91 Å². The van der Waals surface area contributed by atoms with Gasteiger partial charge in [0.15, 0.2) is 0 Å². The monoisotopic (exact) mass is 348 g/mol. The molecule has 0 aliphatic heterocycles. The molecule has 6 heteroatoms. The fourth-order valence-corrected chi connectivity index (χ4v) is 2.20. The third kappa shape index (κ3) is 5.13. The number of benzene rings is 2. The van der Waals surface area contributed by atoms with Crippen molar-refractivity contribution >= 4 is 35.3 Å². The molecule has 1 N–H and O–H groups in total. The smallest absolute Gasteiger partial charge is 0.272 e. The normalized spacial score (nSPS) is 10.5.